The summed E-state index contributed by atoms with van der Waals surface area (Å²) < 4.78 is 7.39. The van der Waals surface area contributed by atoms with Gasteiger partial charge in [-0.3, -0.25) is 4.79 Å². The summed E-state index contributed by atoms with van der Waals surface area (Å²) in [6.45, 7) is 4.64. The monoisotopic (exact) mass is 375 g/mol. The van der Waals surface area contributed by atoms with E-state index in [0.29, 0.717) is 41.5 Å². The second-order valence-electron chi connectivity index (χ2n) is 6.36. The Morgan fingerprint density at radius 3 is 2.68 bits per heavy atom. The molecule has 7 nitrogen and oxygen atoms in total. The second kappa shape index (κ2) is 7.64. The Morgan fingerprint density at radius 2 is 1.93 bits per heavy atom. The first-order chi connectivity index (χ1) is 13.7. The molecule has 1 aromatic carbocycles. The van der Waals surface area contributed by atoms with Crippen LogP contribution in [0.1, 0.15) is 26.0 Å². The number of rotatable bonds is 6. The van der Waals surface area contributed by atoms with E-state index in [0.717, 1.165) is 17.7 Å². The number of para-hydroxylation sites is 1. The van der Waals surface area contributed by atoms with E-state index < -0.39 is 0 Å². The fourth-order valence-electron chi connectivity index (χ4n) is 3.09. The van der Waals surface area contributed by atoms with Crippen molar-refractivity contribution in [3.63, 3.8) is 0 Å². The highest BCUT2D eigenvalue weighted by molar-refractivity contribution is 5.81. The van der Waals surface area contributed by atoms with Crippen molar-refractivity contribution in [2.24, 2.45) is 0 Å². The van der Waals surface area contributed by atoms with Gasteiger partial charge in [-0.1, -0.05) is 32.0 Å². The molecule has 4 aromatic rings. The maximum absolute atomic E-state index is 13.0. The van der Waals surface area contributed by atoms with Crippen LogP contribution in [0, 0.1) is 0 Å². The number of ether oxygens (including phenoxy) is 1. The van der Waals surface area contributed by atoms with Crippen LogP contribution in [0.15, 0.2) is 53.5 Å². The molecule has 0 aliphatic heterocycles. The summed E-state index contributed by atoms with van der Waals surface area (Å²) in [7, 11) is 0. The first kappa shape index (κ1) is 17.9. The smallest absolute Gasteiger partial charge is 0.277 e. The van der Waals surface area contributed by atoms with Crippen LogP contribution in [0.2, 0.25) is 0 Å². The van der Waals surface area contributed by atoms with Crippen molar-refractivity contribution in [3.05, 3.63) is 64.7 Å². The van der Waals surface area contributed by atoms with E-state index >= 15 is 0 Å². The minimum absolute atomic E-state index is 0.261. The van der Waals surface area contributed by atoms with Crippen LogP contribution in [0.5, 0.6) is 5.75 Å². The standard InChI is InChI=1S/C21H21N5O2/c1-3-13-28-16-10-6-5-9-14(16)20-23-18-15(4-2)25-26(19(18)21(27)24-20)17-11-7-8-12-22-17/h5-12H,3-4,13H2,1-2H3,(H,23,24,27). The van der Waals surface area contributed by atoms with Crippen LogP contribution < -0.4 is 10.3 Å². The van der Waals surface area contributed by atoms with E-state index in [1.165, 1.54) is 0 Å². The zero-order valence-electron chi connectivity index (χ0n) is 15.8. The molecule has 28 heavy (non-hydrogen) atoms. The van der Waals surface area contributed by atoms with Crippen molar-refractivity contribution in [1.82, 2.24) is 24.7 Å². The lowest BCUT2D eigenvalue weighted by molar-refractivity contribution is 0.318. The predicted octanol–water partition coefficient (Wildman–Crippen LogP) is 3.52. The summed E-state index contributed by atoms with van der Waals surface area (Å²) in [6.07, 6.45) is 3.22. The number of aromatic nitrogens is 5. The van der Waals surface area contributed by atoms with Crippen LogP contribution in [0.25, 0.3) is 28.2 Å². The van der Waals surface area contributed by atoms with Crippen molar-refractivity contribution >= 4 is 11.0 Å². The van der Waals surface area contributed by atoms with E-state index in [1.807, 2.05) is 56.3 Å². The molecule has 0 spiro atoms. The van der Waals surface area contributed by atoms with Gasteiger partial charge in [0.25, 0.3) is 5.56 Å². The summed E-state index contributed by atoms with van der Waals surface area (Å²) in [5, 5.41) is 4.59. The maximum Gasteiger partial charge on any atom is 0.277 e. The lowest BCUT2D eigenvalue weighted by atomic mass is 10.2. The molecule has 0 amide bonds. The number of nitrogens with zero attached hydrogens (tertiary/aromatic N) is 4. The van der Waals surface area contributed by atoms with Gasteiger partial charge in [0.05, 0.1) is 17.9 Å². The van der Waals surface area contributed by atoms with Crippen LogP contribution in [-0.2, 0) is 6.42 Å². The number of aryl methyl sites for hydroxylation is 1. The number of benzene rings is 1. The fourth-order valence-corrected chi connectivity index (χ4v) is 3.09. The first-order valence-corrected chi connectivity index (χ1v) is 9.38. The SMILES string of the molecule is CCCOc1ccccc1-c1nc2c(CC)nn(-c3ccccn3)c2c(=O)[nH]1. The Labute approximate surface area is 162 Å². The van der Waals surface area contributed by atoms with Crippen molar-refractivity contribution in [1.29, 1.82) is 0 Å². The number of H-pyrrole nitrogens is 1. The normalized spacial score (nSPS) is 11.1. The zero-order valence-corrected chi connectivity index (χ0v) is 15.8. The molecule has 4 rings (SSSR count). The number of hydrogen-bond acceptors (Lipinski definition) is 5. The zero-order chi connectivity index (χ0) is 19.5. The van der Waals surface area contributed by atoms with Crippen molar-refractivity contribution in [2.75, 3.05) is 6.61 Å². The number of aromatic amines is 1. The quantitative estimate of drug-likeness (QED) is 0.557. The highest BCUT2D eigenvalue weighted by atomic mass is 16.5. The van der Waals surface area contributed by atoms with Gasteiger partial charge in [0, 0.05) is 6.20 Å². The third kappa shape index (κ3) is 3.15. The summed E-state index contributed by atoms with van der Waals surface area (Å²) >= 11 is 0. The Balaban J connectivity index is 1.92. The van der Waals surface area contributed by atoms with Crippen LogP contribution in [0.4, 0.5) is 0 Å². The third-order valence-corrected chi connectivity index (χ3v) is 4.41. The molecule has 7 heteroatoms. The van der Waals surface area contributed by atoms with Crippen LogP contribution in [-0.4, -0.2) is 31.3 Å². The topological polar surface area (TPSA) is 85.7 Å². The molecule has 1 N–H and O–H groups in total. The van der Waals surface area contributed by atoms with E-state index in [-0.39, 0.29) is 5.56 Å². The molecule has 0 aliphatic rings. The highest BCUT2D eigenvalue weighted by Gasteiger charge is 2.19. The Hall–Kier alpha value is -3.48. The van der Waals surface area contributed by atoms with Gasteiger partial charge in [0.2, 0.25) is 0 Å². The lowest BCUT2D eigenvalue weighted by Crippen LogP contribution is -2.14. The molecule has 142 valence electrons. The molecule has 0 aliphatic carbocycles. The van der Waals surface area contributed by atoms with Gasteiger partial charge in [-0.15, -0.1) is 0 Å². The molecule has 3 heterocycles. The summed E-state index contributed by atoms with van der Waals surface area (Å²) in [6, 6.07) is 13.1. The minimum atomic E-state index is -0.261. The average molecular weight is 375 g/mol. The molecule has 0 fully saturated rings. The number of hydrogen-bond donors (Lipinski definition) is 1. The Bertz CT molecular complexity index is 1160. The van der Waals surface area contributed by atoms with E-state index in [2.05, 4.69) is 15.1 Å². The second-order valence-corrected chi connectivity index (χ2v) is 6.36. The summed E-state index contributed by atoms with van der Waals surface area (Å²) in [5.41, 5.74) is 2.22. The van der Waals surface area contributed by atoms with E-state index in [9.17, 15) is 4.79 Å². The highest BCUT2D eigenvalue weighted by Crippen LogP contribution is 2.28. The number of fused-ring (bicyclic) bond motifs is 1. The molecule has 0 bridgehead atoms. The Morgan fingerprint density at radius 1 is 1.11 bits per heavy atom. The van der Waals surface area contributed by atoms with Crippen molar-refractivity contribution < 1.29 is 4.74 Å². The van der Waals surface area contributed by atoms with Gasteiger partial charge in [-0.05, 0) is 37.1 Å². The van der Waals surface area contributed by atoms with Crippen molar-refractivity contribution in [2.45, 2.75) is 26.7 Å². The largest absolute Gasteiger partial charge is 0.493 e. The third-order valence-electron chi connectivity index (χ3n) is 4.41. The maximum atomic E-state index is 13.0. The number of nitrogens with one attached hydrogen (secondary N) is 1. The molecule has 0 atom stereocenters. The molecular weight excluding hydrogens is 354 g/mol. The summed E-state index contributed by atoms with van der Waals surface area (Å²) in [4.78, 5) is 25.0. The molecule has 3 aromatic heterocycles. The lowest BCUT2D eigenvalue weighted by Gasteiger charge is -2.10. The molecular formula is C21H21N5O2. The van der Waals surface area contributed by atoms with Gasteiger partial charge in [-0.2, -0.15) is 5.10 Å². The van der Waals surface area contributed by atoms with Gasteiger partial charge in [-0.25, -0.2) is 14.6 Å². The molecule has 0 unspecified atom stereocenters. The van der Waals surface area contributed by atoms with Crippen LogP contribution >= 0.6 is 0 Å². The fraction of sp³-hybridized carbons (Fsp3) is 0.238. The van der Waals surface area contributed by atoms with Crippen molar-refractivity contribution in [3.8, 4) is 23.0 Å². The predicted molar refractivity (Wildman–Crippen MR) is 108 cm³/mol. The molecule has 0 saturated heterocycles. The van der Waals surface area contributed by atoms with Gasteiger partial charge in [0.15, 0.2) is 11.3 Å². The van der Waals surface area contributed by atoms with Gasteiger partial charge in [0.1, 0.15) is 17.1 Å². The Kier molecular flexibility index (Phi) is 4.89. The molecule has 0 saturated carbocycles. The molecule has 0 radical (unpaired) electrons. The van der Waals surface area contributed by atoms with Gasteiger partial charge < -0.3 is 9.72 Å². The minimum Gasteiger partial charge on any atom is -0.493 e. The average Bonchev–Trinajstić information content (AvgIpc) is 3.12. The van der Waals surface area contributed by atoms with Crippen LogP contribution in [0.3, 0.4) is 0 Å². The van der Waals surface area contributed by atoms with E-state index in [1.54, 1.807) is 10.9 Å². The van der Waals surface area contributed by atoms with E-state index in [4.69, 9.17) is 9.72 Å². The van der Waals surface area contributed by atoms with Gasteiger partial charge >= 0.3 is 0 Å². The first-order valence-electron chi connectivity index (χ1n) is 9.38. The summed E-state index contributed by atoms with van der Waals surface area (Å²) in [5.74, 6) is 1.75. The number of pyridine rings is 1.